The lowest BCUT2D eigenvalue weighted by molar-refractivity contribution is -0.250. The van der Waals surface area contributed by atoms with Gasteiger partial charge in [0.2, 0.25) is 0 Å². The predicted octanol–water partition coefficient (Wildman–Crippen LogP) is 5.27. The summed E-state index contributed by atoms with van der Waals surface area (Å²) < 4.78 is 46.7. The van der Waals surface area contributed by atoms with Crippen molar-refractivity contribution in [1.29, 1.82) is 0 Å². The summed E-state index contributed by atoms with van der Waals surface area (Å²) in [6.45, 7) is 3.13. The van der Waals surface area contributed by atoms with Crippen molar-refractivity contribution in [2.24, 2.45) is 5.92 Å². The highest BCUT2D eigenvalue weighted by molar-refractivity contribution is 6.31. The Labute approximate surface area is 144 Å². The van der Waals surface area contributed by atoms with Crippen LogP contribution in [0.4, 0.5) is 13.2 Å². The predicted molar refractivity (Wildman–Crippen MR) is 88.4 cm³/mol. The van der Waals surface area contributed by atoms with Gasteiger partial charge in [-0.3, -0.25) is 0 Å². The maximum atomic E-state index is 13.9. The SMILES string of the molecule is COc1ccc(Cl)c(C(C)C(O)(C2=CC(C)CC=C2)C(F)(F)F)c1. The number of alkyl halides is 3. The van der Waals surface area contributed by atoms with E-state index in [1.54, 1.807) is 12.1 Å². The van der Waals surface area contributed by atoms with Crippen molar-refractivity contribution in [2.45, 2.75) is 38.0 Å². The molecular formula is C18H20ClF3O2. The molecule has 0 saturated heterocycles. The van der Waals surface area contributed by atoms with Crippen LogP contribution in [0.2, 0.25) is 5.02 Å². The van der Waals surface area contributed by atoms with Crippen LogP contribution >= 0.6 is 11.6 Å². The zero-order valence-electron chi connectivity index (χ0n) is 13.7. The maximum Gasteiger partial charge on any atom is 0.422 e. The summed E-state index contributed by atoms with van der Waals surface area (Å²) in [6, 6.07) is 4.46. The molecule has 0 bridgehead atoms. The molecule has 2 rings (SSSR count). The summed E-state index contributed by atoms with van der Waals surface area (Å²) in [5.74, 6) is -1.000. The van der Waals surface area contributed by atoms with Gasteiger partial charge in [-0.1, -0.05) is 43.7 Å². The summed E-state index contributed by atoms with van der Waals surface area (Å²) in [5.41, 5.74) is -3.00. The first-order valence-corrected chi connectivity index (χ1v) is 8.00. The van der Waals surface area contributed by atoms with E-state index >= 15 is 0 Å². The van der Waals surface area contributed by atoms with E-state index in [4.69, 9.17) is 16.3 Å². The van der Waals surface area contributed by atoms with Crippen LogP contribution in [-0.2, 0) is 0 Å². The topological polar surface area (TPSA) is 29.5 Å². The second-order valence-corrected chi connectivity index (χ2v) is 6.52. The maximum absolute atomic E-state index is 13.9. The Morgan fingerprint density at radius 1 is 1.33 bits per heavy atom. The van der Waals surface area contributed by atoms with Crippen molar-refractivity contribution in [1.82, 2.24) is 0 Å². The van der Waals surface area contributed by atoms with E-state index in [-0.39, 0.29) is 22.1 Å². The molecule has 0 fully saturated rings. The first kappa shape index (κ1) is 18.9. The standard InChI is InChI=1S/C18H20ClF3O2/c1-11-5-4-6-13(9-11)17(23,18(20,21)22)12(2)15-10-14(24-3)7-8-16(15)19/h4,6-12,23H,5H2,1-3H3. The van der Waals surface area contributed by atoms with Crippen molar-refractivity contribution in [3.8, 4) is 5.75 Å². The molecular weight excluding hydrogens is 341 g/mol. The van der Waals surface area contributed by atoms with E-state index in [9.17, 15) is 18.3 Å². The lowest BCUT2D eigenvalue weighted by Crippen LogP contribution is -2.51. The molecule has 0 amide bonds. The van der Waals surface area contributed by atoms with Gasteiger partial charge in [-0.2, -0.15) is 13.2 Å². The minimum atomic E-state index is -4.86. The Morgan fingerprint density at radius 2 is 2.00 bits per heavy atom. The minimum absolute atomic E-state index is 0.0770. The minimum Gasteiger partial charge on any atom is -0.497 e. The summed E-state index contributed by atoms with van der Waals surface area (Å²) in [7, 11) is 1.42. The van der Waals surface area contributed by atoms with Crippen LogP contribution in [0.25, 0.3) is 0 Å². The van der Waals surface area contributed by atoms with Gasteiger partial charge in [-0.25, -0.2) is 0 Å². The normalized spacial score (nSPS) is 21.8. The number of halogens is 4. The molecule has 3 unspecified atom stereocenters. The number of rotatable bonds is 4. The lowest BCUT2D eigenvalue weighted by Gasteiger charge is -2.39. The first-order valence-electron chi connectivity index (χ1n) is 7.62. The molecule has 1 aromatic rings. The molecule has 0 radical (unpaired) electrons. The van der Waals surface area contributed by atoms with Crippen LogP contribution in [-0.4, -0.2) is 24.0 Å². The van der Waals surface area contributed by atoms with Gasteiger partial charge in [0.05, 0.1) is 7.11 Å². The van der Waals surface area contributed by atoms with Crippen LogP contribution in [0.1, 0.15) is 31.7 Å². The third kappa shape index (κ3) is 3.33. The zero-order valence-corrected chi connectivity index (χ0v) is 14.4. The van der Waals surface area contributed by atoms with E-state index in [0.29, 0.717) is 12.2 Å². The highest BCUT2D eigenvalue weighted by Crippen LogP contribution is 2.49. The van der Waals surface area contributed by atoms with Gasteiger partial charge in [-0.15, -0.1) is 0 Å². The number of aliphatic hydroxyl groups is 1. The van der Waals surface area contributed by atoms with Gasteiger partial charge >= 0.3 is 6.18 Å². The summed E-state index contributed by atoms with van der Waals surface area (Å²) in [4.78, 5) is 0. The van der Waals surface area contributed by atoms with Crippen molar-refractivity contribution < 1.29 is 23.0 Å². The van der Waals surface area contributed by atoms with Gasteiger partial charge < -0.3 is 9.84 Å². The number of hydrogen-bond acceptors (Lipinski definition) is 2. The molecule has 3 atom stereocenters. The van der Waals surface area contributed by atoms with Crippen molar-refractivity contribution >= 4 is 11.6 Å². The molecule has 0 heterocycles. The van der Waals surface area contributed by atoms with E-state index in [2.05, 4.69) is 0 Å². The molecule has 1 aliphatic rings. The summed E-state index contributed by atoms with van der Waals surface area (Å²) >= 11 is 6.10. The molecule has 1 aromatic carbocycles. The van der Waals surface area contributed by atoms with Crippen LogP contribution in [0.15, 0.2) is 42.0 Å². The van der Waals surface area contributed by atoms with E-state index in [0.717, 1.165) is 0 Å². The van der Waals surface area contributed by atoms with E-state index in [1.807, 2.05) is 6.92 Å². The van der Waals surface area contributed by atoms with E-state index in [1.165, 1.54) is 38.3 Å². The number of benzene rings is 1. The number of hydrogen-bond donors (Lipinski definition) is 1. The fraction of sp³-hybridized carbons (Fsp3) is 0.444. The molecule has 0 aromatic heterocycles. The van der Waals surface area contributed by atoms with Crippen molar-refractivity contribution in [2.75, 3.05) is 7.11 Å². The third-order valence-corrected chi connectivity index (χ3v) is 4.78. The highest BCUT2D eigenvalue weighted by atomic mass is 35.5. The van der Waals surface area contributed by atoms with Gasteiger partial charge in [-0.05, 0) is 41.7 Å². The summed E-state index contributed by atoms with van der Waals surface area (Å²) in [5, 5.41) is 10.9. The van der Waals surface area contributed by atoms with Crippen molar-refractivity contribution in [3.63, 3.8) is 0 Å². The molecule has 1 aliphatic carbocycles. The third-order valence-electron chi connectivity index (χ3n) is 4.44. The molecule has 0 spiro atoms. The zero-order chi connectivity index (χ0) is 18.1. The molecule has 132 valence electrons. The quantitative estimate of drug-likeness (QED) is 0.792. The smallest absolute Gasteiger partial charge is 0.422 e. The van der Waals surface area contributed by atoms with Gasteiger partial charge in [0.1, 0.15) is 5.75 Å². The molecule has 0 aliphatic heterocycles. The Bertz CT molecular complexity index is 667. The van der Waals surface area contributed by atoms with Gasteiger partial charge in [0.15, 0.2) is 5.60 Å². The Morgan fingerprint density at radius 3 is 2.54 bits per heavy atom. The van der Waals surface area contributed by atoms with Crippen LogP contribution < -0.4 is 4.74 Å². The fourth-order valence-electron chi connectivity index (χ4n) is 2.96. The molecule has 2 nitrogen and oxygen atoms in total. The fourth-order valence-corrected chi connectivity index (χ4v) is 3.24. The Hall–Kier alpha value is -1.46. The molecule has 1 N–H and O–H groups in total. The average molecular weight is 361 g/mol. The second-order valence-electron chi connectivity index (χ2n) is 6.11. The largest absolute Gasteiger partial charge is 0.497 e. The molecule has 6 heteroatoms. The highest BCUT2D eigenvalue weighted by Gasteiger charge is 2.59. The number of methoxy groups -OCH3 is 1. The average Bonchev–Trinajstić information content (AvgIpc) is 2.52. The summed E-state index contributed by atoms with van der Waals surface area (Å²) in [6.07, 6.45) is 0.255. The van der Waals surface area contributed by atoms with E-state index < -0.39 is 17.7 Å². The van der Waals surface area contributed by atoms with Gasteiger partial charge in [0.25, 0.3) is 0 Å². The van der Waals surface area contributed by atoms with Crippen LogP contribution in [0, 0.1) is 5.92 Å². The molecule has 0 saturated carbocycles. The Balaban J connectivity index is 2.59. The number of ether oxygens (including phenoxy) is 1. The van der Waals surface area contributed by atoms with Crippen molar-refractivity contribution in [3.05, 3.63) is 52.6 Å². The van der Waals surface area contributed by atoms with Gasteiger partial charge in [0, 0.05) is 10.9 Å². The molecule has 24 heavy (non-hydrogen) atoms. The Kier molecular flexibility index (Phi) is 5.35. The first-order chi connectivity index (χ1) is 11.1. The van der Waals surface area contributed by atoms with Crippen LogP contribution in [0.5, 0.6) is 5.75 Å². The second kappa shape index (κ2) is 6.81. The lowest BCUT2D eigenvalue weighted by atomic mass is 9.75. The van der Waals surface area contributed by atoms with Crippen LogP contribution in [0.3, 0.4) is 0 Å². The monoisotopic (exact) mass is 360 g/mol. The number of allylic oxidation sites excluding steroid dienone is 2.